The van der Waals surface area contributed by atoms with Gasteiger partial charge >= 0.3 is 0 Å². The summed E-state index contributed by atoms with van der Waals surface area (Å²) < 4.78 is 9.62. The van der Waals surface area contributed by atoms with Crippen molar-refractivity contribution in [2.75, 3.05) is 7.11 Å². The molecule has 1 heterocycles. The van der Waals surface area contributed by atoms with E-state index < -0.39 is 0 Å². The van der Waals surface area contributed by atoms with Crippen LogP contribution in [0.5, 0.6) is 0 Å². The number of rotatable bonds is 4. The number of carbonyl (C=O) groups is 1. The second kappa shape index (κ2) is 3.88. The molecule has 1 aromatic rings. The Morgan fingerprint density at radius 2 is 2.64 bits per heavy atom. The average molecular weight is 155 g/mol. The summed E-state index contributed by atoms with van der Waals surface area (Å²) in [7, 11) is 1.57. The average Bonchev–Trinajstić information content (AvgIpc) is 2.38. The maximum Gasteiger partial charge on any atom is 0.162 e. The van der Waals surface area contributed by atoms with E-state index in [1.807, 2.05) is 0 Å². The van der Waals surface area contributed by atoms with Crippen molar-refractivity contribution in [3.05, 3.63) is 17.5 Å². The molecular formula is C7H9NO3. The number of carbonyl (C=O) groups excluding carboxylic acids is 1. The molecule has 4 heteroatoms. The lowest BCUT2D eigenvalue weighted by Crippen LogP contribution is -1.84. The lowest BCUT2D eigenvalue weighted by molar-refractivity contribution is -0.107. The van der Waals surface area contributed by atoms with Gasteiger partial charge in [0.05, 0.1) is 5.69 Å². The summed E-state index contributed by atoms with van der Waals surface area (Å²) in [5.74, 6) is 0.643. The Hall–Kier alpha value is -1.16. The van der Waals surface area contributed by atoms with Gasteiger partial charge in [0.15, 0.2) is 5.76 Å². The van der Waals surface area contributed by atoms with Gasteiger partial charge in [-0.2, -0.15) is 0 Å². The van der Waals surface area contributed by atoms with Gasteiger partial charge < -0.3 is 14.1 Å². The molecule has 0 unspecified atom stereocenters. The third kappa shape index (κ3) is 2.16. The Labute approximate surface area is 64.1 Å². The first-order valence-electron chi connectivity index (χ1n) is 3.24. The summed E-state index contributed by atoms with van der Waals surface area (Å²) in [5.41, 5.74) is 0.645. The number of ether oxygens (including phenoxy) is 1. The van der Waals surface area contributed by atoms with E-state index in [0.29, 0.717) is 24.5 Å². The van der Waals surface area contributed by atoms with Gasteiger partial charge in [0, 0.05) is 19.6 Å². The van der Waals surface area contributed by atoms with E-state index in [-0.39, 0.29) is 0 Å². The topological polar surface area (TPSA) is 52.3 Å². The van der Waals surface area contributed by atoms with Gasteiger partial charge in [-0.3, -0.25) is 0 Å². The van der Waals surface area contributed by atoms with Crippen LogP contribution in [-0.4, -0.2) is 18.6 Å². The van der Waals surface area contributed by atoms with Crippen molar-refractivity contribution in [3.8, 4) is 0 Å². The molecule has 11 heavy (non-hydrogen) atoms. The zero-order valence-electron chi connectivity index (χ0n) is 6.24. The fourth-order valence-corrected chi connectivity index (χ4v) is 0.748. The van der Waals surface area contributed by atoms with Crippen LogP contribution in [-0.2, 0) is 22.6 Å². The Morgan fingerprint density at radius 3 is 3.27 bits per heavy atom. The lowest BCUT2D eigenvalue weighted by Gasteiger charge is -1.87. The van der Waals surface area contributed by atoms with Crippen molar-refractivity contribution in [2.45, 2.75) is 13.0 Å². The molecule has 0 amide bonds. The van der Waals surface area contributed by atoms with Crippen LogP contribution in [0.3, 0.4) is 0 Å². The predicted molar refractivity (Wildman–Crippen MR) is 37.0 cm³/mol. The molecule has 0 spiro atoms. The van der Waals surface area contributed by atoms with E-state index in [1.165, 1.54) is 0 Å². The molecule has 4 nitrogen and oxygen atoms in total. The monoisotopic (exact) mass is 155 g/mol. The van der Waals surface area contributed by atoms with Crippen molar-refractivity contribution in [1.82, 2.24) is 5.16 Å². The molecule has 0 saturated carbocycles. The highest BCUT2D eigenvalue weighted by Gasteiger charge is 2.01. The molecule has 0 radical (unpaired) electrons. The minimum Gasteiger partial charge on any atom is -0.377 e. The second-order valence-corrected chi connectivity index (χ2v) is 2.09. The van der Waals surface area contributed by atoms with E-state index in [1.54, 1.807) is 13.2 Å². The number of hydrogen-bond donors (Lipinski definition) is 0. The third-order valence-corrected chi connectivity index (χ3v) is 1.19. The first-order chi connectivity index (χ1) is 5.36. The number of hydrogen-bond acceptors (Lipinski definition) is 4. The van der Waals surface area contributed by atoms with Crippen LogP contribution in [0.2, 0.25) is 0 Å². The van der Waals surface area contributed by atoms with Gasteiger partial charge in [0.25, 0.3) is 0 Å². The van der Waals surface area contributed by atoms with Crippen LogP contribution in [0.1, 0.15) is 11.5 Å². The second-order valence-electron chi connectivity index (χ2n) is 2.09. The largest absolute Gasteiger partial charge is 0.377 e. The Bertz CT molecular complexity index is 231. The van der Waals surface area contributed by atoms with E-state index in [2.05, 4.69) is 5.16 Å². The summed E-state index contributed by atoms with van der Waals surface area (Å²) in [6, 6.07) is 1.71. The summed E-state index contributed by atoms with van der Waals surface area (Å²) in [6.07, 6.45) is 1.08. The van der Waals surface area contributed by atoms with Gasteiger partial charge in [-0.05, 0) is 0 Å². The Kier molecular flexibility index (Phi) is 2.80. The van der Waals surface area contributed by atoms with Gasteiger partial charge in [0.1, 0.15) is 12.9 Å². The van der Waals surface area contributed by atoms with Crippen LogP contribution in [0, 0.1) is 0 Å². The number of nitrogens with zero attached hydrogens (tertiary/aromatic N) is 1. The van der Waals surface area contributed by atoms with Crippen LogP contribution in [0.15, 0.2) is 10.6 Å². The highest BCUT2D eigenvalue weighted by Crippen LogP contribution is 2.03. The molecular weight excluding hydrogens is 146 g/mol. The molecule has 0 aromatic carbocycles. The highest BCUT2D eigenvalue weighted by atomic mass is 16.5. The zero-order chi connectivity index (χ0) is 8.10. The fraction of sp³-hybridized carbons (Fsp3) is 0.429. The molecule has 0 fully saturated rings. The molecule has 0 aliphatic carbocycles. The molecule has 1 rings (SSSR count). The van der Waals surface area contributed by atoms with Gasteiger partial charge in [-0.1, -0.05) is 5.16 Å². The molecule has 0 N–H and O–H groups in total. The standard InChI is InChI=1S/C7H9NO3/c1-10-5-7-4-6(2-3-9)8-11-7/h3-4H,2,5H2,1H3. The van der Waals surface area contributed by atoms with Gasteiger partial charge in [-0.15, -0.1) is 0 Å². The third-order valence-electron chi connectivity index (χ3n) is 1.19. The summed E-state index contributed by atoms with van der Waals surface area (Å²) in [4.78, 5) is 10.0. The molecule has 0 bridgehead atoms. The summed E-state index contributed by atoms with van der Waals surface area (Å²) in [5, 5.41) is 3.64. The highest BCUT2D eigenvalue weighted by molar-refractivity contribution is 5.53. The van der Waals surface area contributed by atoms with Crippen LogP contribution in [0.4, 0.5) is 0 Å². The zero-order valence-corrected chi connectivity index (χ0v) is 6.24. The van der Waals surface area contributed by atoms with E-state index in [9.17, 15) is 4.79 Å². The number of aromatic nitrogens is 1. The van der Waals surface area contributed by atoms with Crippen molar-refractivity contribution in [1.29, 1.82) is 0 Å². The molecule has 0 saturated heterocycles. The maximum absolute atomic E-state index is 10.0. The SMILES string of the molecule is COCc1cc(CC=O)no1. The molecule has 0 aliphatic rings. The molecule has 60 valence electrons. The summed E-state index contributed by atoms with van der Waals surface area (Å²) in [6.45, 7) is 0.395. The molecule has 0 atom stereocenters. The van der Waals surface area contributed by atoms with E-state index in [0.717, 1.165) is 6.29 Å². The molecule has 1 aromatic heterocycles. The smallest absolute Gasteiger partial charge is 0.162 e. The minimum atomic E-state index is 0.299. The molecule has 0 aliphatic heterocycles. The van der Waals surface area contributed by atoms with Crippen molar-refractivity contribution in [2.24, 2.45) is 0 Å². The first-order valence-corrected chi connectivity index (χ1v) is 3.24. The van der Waals surface area contributed by atoms with Crippen LogP contribution in [0.25, 0.3) is 0 Å². The summed E-state index contributed by atoms with van der Waals surface area (Å²) >= 11 is 0. The number of aldehydes is 1. The van der Waals surface area contributed by atoms with Crippen molar-refractivity contribution in [3.63, 3.8) is 0 Å². The van der Waals surface area contributed by atoms with Crippen LogP contribution >= 0.6 is 0 Å². The van der Waals surface area contributed by atoms with Gasteiger partial charge in [-0.25, -0.2) is 0 Å². The maximum atomic E-state index is 10.0. The number of methoxy groups -OCH3 is 1. The predicted octanol–water partition coefficient (Wildman–Crippen LogP) is 0.562. The van der Waals surface area contributed by atoms with Crippen molar-refractivity contribution < 1.29 is 14.1 Å². The normalized spacial score (nSPS) is 9.91. The van der Waals surface area contributed by atoms with Gasteiger partial charge in [0.2, 0.25) is 0 Å². The minimum absolute atomic E-state index is 0.299. The Morgan fingerprint density at radius 1 is 1.82 bits per heavy atom. The van der Waals surface area contributed by atoms with Crippen LogP contribution < -0.4 is 0 Å². The quantitative estimate of drug-likeness (QED) is 0.596. The Balaban J connectivity index is 2.57. The van der Waals surface area contributed by atoms with E-state index >= 15 is 0 Å². The van der Waals surface area contributed by atoms with Crippen molar-refractivity contribution >= 4 is 6.29 Å². The lowest BCUT2D eigenvalue weighted by atomic mass is 10.3. The van der Waals surface area contributed by atoms with E-state index in [4.69, 9.17) is 9.26 Å². The fourth-order valence-electron chi connectivity index (χ4n) is 0.748. The first kappa shape index (κ1) is 7.94.